The second-order valence-corrected chi connectivity index (χ2v) is 7.43. The number of ether oxygens (including phenoxy) is 1. The maximum Gasteiger partial charge on any atom is 0.240 e. The lowest BCUT2D eigenvalue weighted by atomic mass is 9.94. The second kappa shape index (κ2) is 7.23. The lowest BCUT2D eigenvalue weighted by Crippen LogP contribution is -2.39. The van der Waals surface area contributed by atoms with Crippen LogP contribution in [0.15, 0.2) is 47.8 Å². The quantitative estimate of drug-likeness (QED) is 0.894. The zero-order chi connectivity index (χ0) is 17.0. The van der Waals surface area contributed by atoms with Crippen molar-refractivity contribution in [3.8, 4) is 5.88 Å². The SMILES string of the molecule is O=S(=O)(NC1CCC(Oc2cnccn2)CC1)c1cccc(F)c1. The summed E-state index contributed by atoms with van der Waals surface area (Å²) in [4.78, 5) is 7.96. The van der Waals surface area contributed by atoms with E-state index in [9.17, 15) is 12.8 Å². The van der Waals surface area contributed by atoms with Crippen LogP contribution in [0.2, 0.25) is 0 Å². The fourth-order valence-electron chi connectivity index (χ4n) is 2.74. The topological polar surface area (TPSA) is 81.2 Å². The van der Waals surface area contributed by atoms with Gasteiger partial charge in [0.25, 0.3) is 0 Å². The van der Waals surface area contributed by atoms with Crippen molar-refractivity contribution in [3.63, 3.8) is 0 Å². The molecule has 0 aliphatic heterocycles. The van der Waals surface area contributed by atoms with Gasteiger partial charge in [0.2, 0.25) is 15.9 Å². The Labute approximate surface area is 140 Å². The van der Waals surface area contributed by atoms with Crippen molar-refractivity contribution in [2.45, 2.75) is 42.7 Å². The Kier molecular flexibility index (Phi) is 5.06. The Morgan fingerprint density at radius 2 is 1.96 bits per heavy atom. The van der Waals surface area contributed by atoms with Crippen LogP contribution in [0.4, 0.5) is 4.39 Å². The van der Waals surface area contributed by atoms with Gasteiger partial charge >= 0.3 is 0 Å². The number of aromatic nitrogens is 2. The number of nitrogens with zero attached hydrogens (tertiary/aromatic N) is 2. The van der Waals surface area contributed by atoms with Crippen LogP contribution in [0.5, 0.6) is 5.88 Å². The lowest BCUT2D eigenvalue weighted by Gasteiger charge is -2.28. The number of benzene rings is 1. The van der Waals surface area contributed by atoms with Crippen LogP contribution >= 0.6 is 0 Å². The summed E-state index contributed by atoms with van der Waals surface area (Å²) in [6.45, 7) is 0. The van der Waals surface area contributed by atoms with Crippen molar-refractivity contribution < 1.29 is 17.5 Å². The van der Waals surface area contributed by atoms with E-state index in [-0.39, 0.29) is 17.0 Å². The highest BCUT2D eigenvalue weighted by molar-refractivity contribution is 7.89. The summed E-state index contributed by atoms with van der Waals surface area (Å²) in [6.07, 6.45) is 7.42. The molecular weight excluding hydrogens is 333 g/mol. The van der Waals surface area contributed by atoms with Crippen LogP contribution in [0.25, 0.3) is 0 Å². The Balaban J connectivity index is 1.55. The van der Waals surface area contributed by atoms with Gasteiger partial charge in [0.05, 0.1) is 11.1 Å². The summed E-state index contributed by atoms with van der Waals surface area (Å²) in [6, 6.07) is 4.82. The number of sulfonamides is 1. The highest BCUT2D eigenvalue weighted by atomic mass is 32.2. The largest absolute Gasteiger partial charge is 0.473 e. The molecule has 6 nitrogen and oxygen atoms in total. The predicted molar refractivity (Wildman–Crippen MR) is 85.4 cm³/mol. The lowest BCUT2D eigenvalue weighted by molar-refractivity contribution is 0.138. The number of rotatable bonds is 5. The van der Waals surface area contributed by atoms with Crippen molar-refractivity contribution in [2.24, 2.45) is 0 Å². The molecular formula is C16H18FN3O3S. The van der Waals surface area contributed by atoms with Crippen LogP contribution in [0, 0.1) is 5.82 Å². The molecule has 24 heavy (non-hydrogen) atoms. The standard InChI is InChI=1S/C16H18FN3O3S/c17-12-2-1-3-15(10-12)24(21,22)20-13-4-6-14(7-5-13)23-16-11-18-8-9-19-16/h1-3,8-11,13-14,20H,4-7H2. The molecule has 0 radical (unpaired) electrons. The van der Waals surface area contributed by atoms with Gasteiger partial charge in [-0.25, -0.2) is 22.5 Å². The van der Waals surface area contributed by atoms with Gasteiger partial charge in [0, 0.05) is 18.4 Å². The third kappa shape index (κ3) is 4.27. The van der Waals surface area contributed by atoms with Crippen molar-refractivity contribution >= 4 is 10.0 Å². The van der Waals surface area contributed by atoms with E-state index in [0.717, 1.165) is 6.07 Å². The molecule has 1 N–H and O–H groups in total. The molecule has 0 unspecified atom stereocenters. The smallest absolute Gasteiger partial charge is 0.240 e. The Hall–Kier alpha value is -2.06. The highest BCUT2D eigenvalue weighted by Crippen LogP contribution is 2.24. The Bertz CT molecular complexity index is 778. The highest BCUT2D eigenvalue weighted by Gasteiger charge is 2.27. The van der Waals surface area contributed by atoms with Gasteiger partial charge in [-0.05, 0) is 43.9 Å². The van der Waals surface area contributed by atoms with Gasteiger partial charge in [0.1, 0.15) is 11.9 Å². The summed E-state index contributed by atoms with van der Waals surface area (Å²) in [5.41, 5.74) is 0. The van der Waals surface area contributed by atoms with Crippen molar-refractivity contribution in [1.82, 2.24) is 14.7 Å². The van der Waals surface area contributed by atoms with Crippen molar-refractivity contribution in [1.29, 1.82) is 0 Å². The van der Waals surface area contributed by atoms with Crippen molar-refractivity contribution in [2.75, 3.05) is 0 Å². The fourth-order valence-corrected chi connectivity index (χ4v) is 4.07. The maximum absolute atomic E-state index is 13.2. The maximum atomic E-state index is 13.2. The summed E-state index contributed by atoms with van der Waals surface area (Å²) >= 11 is 0. The number of hydrogen-bond acceptors (Lipinski definition) is 5. The monoisotopic (exact) mass is 351 g/mol. The van der Waals surface area contributed by atoms with Gasteiger partial charge in [-0.15, -0.1) is 0 Å². The zero-order valence-corrected chi connectivity index (χ0v) is 13.7. The molecule has 0 bridgehead atoms. The normalized spacial score (nSPS) is 21.4. The zero-order valence-electron chi connectivity index (χ0n) is 12.9. The van der Waals surface area contributed by atoms with Crippen LogP contribution in [0.3, 0.4) is 0 Å². The van der Waals surface area contributed by atoms with E-state index >= 15 is 0 Å². The average Bonchev–Trinajstić information content (AvgIpc) is 2.57. The van der Waals surface area contributed by atoms with Crippen LogP contribution in [-0.2, 0) is 10.0 Å². The number of hydrogen-bond donors (Lipinski definition) is 1. The predicted octanol–water partition coefficient (Wildman–Crippen LogP) is 2.28. The first kappa shape index (κ1) is 16.8. The van der Waals surface area contributed by atoms with E-state index in [4.69, 9.17) is 4.74 Å². The molecule has 1 saturated carbocycles. The van der Waals surface area contributed by atoms with E-state index in [1.165, 1.54) is 18.2 Å². The van der Waals surface area contributed by atoms with Crippen LogP contribution in [-0.4, -0.2) is 30.5 Å². The molecule has 1 aromatic carbocycles. The molecule has 0 saturated heterocycles. The Morgan fingerprint density at radius 1 is 1.17 bits per heavy atom. The van der Waals surface area contributed by atoms with E-state index in [1.807, 2.05) is 0 Å². The molecule has 0 amide bonds. The fraction of sp³-hybridized carbons (Fsp3) is 0.375. The number of nitrogens with one attached hydrogen (secondary N) is 1. The summed E-state index contributed by atoms with van der Waals surface area (Å²) < 4.78 is 46.2. The molecule has 1 aliphatic carbocycles. The molecule has 128 valence electrons. The third-order valence-corrected chi connectivity index (χ3v) is 5.45. The molecule has 1 aromatic heterocycles. The molecule has 2 aromatic rings. The minimum absolute atomic E-state index is 0.00313. The van der Waals surface area contributed by atoms with Crippen LogP contribution < -0.4 is 9.46 Å². The molecule has 1 fully saturated rings. The van der Waals surface area contributed by atoms with E-state index in [1.54, 1.807) is 18.6 Å². The summed E-state index contributed by atoms with van der Waals surface area (Å²) in [7, 11) is -3.71. The van der Waals surface area contributed by atoms with Crippen LogP contribution in [0.1, 0.15) is 25.7 Å². The van der Waals surface area contributed by atoms with Gasteiger partial charge < -0.3 is 4.74 Å². The van der Waals surface area contributed by atoms with E-state index in [2.05, 4.69) is 14.7 Å². The third-order valence-electron chi connectivity index (χ3n) is 3.93. The first-order chi connectivity index (χ1) is 11.5. The van der Waals surface area contributed by atoms with E-state index < -0.39 is 15.8 Å². The van der Waals surface area contributed by atoms with Crippen molar-refractivity contribution in [3.05, 3.63) is 48.7 Å². The first-order valence-electron chi connectivity index (χ1n) is 7.73. The summed E-state index contributed by atoms with van der Waals surface area (Å²) in [5.74, 6) is -0.0970. The minimum Gasteiger partial charge on any atom is -0.473 e. The van der Waals surface area contributed by atoms with Gasteiger partial charge in [-0.3, -0.25) is 4.98 Å². The second-order valence-electron chi connectivity index (χ2n) is 5.71. The van der Waals surface area contributed by atoms with Gasteiger partial charge in [-0.1, -0.05) is 6.07 Å². The molecule has 8 heteroatoms. The minimum atomic E-state index is -3.71. The Morgan fingerprint density at radius 3 is 2.62 bits per heavy atom. The molecule has 1 heterocycles. The first-order valence-corrected chi connectivity index (χ1v) is 9.22. The number of halogens is 1. The average molecular weight is 351 g/mol. The van der Waals surface area contributed by atoms with E-state index in [0.29, 0.717) is 31.6 Å². The summed E-state index contributed by atoms with van der Waals surface area (Å²) in [5, 5.41) is 0. The van der Waals surface area contributed by atoms with Gasteiger partial charge in [-0.2, -0.15) is 0 Å². The molecule has 3 rings (SSSR count). The molecule has 1 aliphatic rings. The molecule has 0 spiro atoms. The molecule has 0 atom stereocenters. The van der Waals surface area contributed by atoms with Gasteiger partial charge in [0.15, 0.2) is 0 Å².